The number of anilines is 1. The van der Waals surface area contributed by atoms with E-state index in [-0.39, 0.29) is 19.1 Å². The van der Waals surface area contributed by atoms with Gasteiger partial charge in [0.25, 0.3) is 0 Å². The van der Waals surface area contributed by atoms with Gasteiger partial charge in [-0.1, -0.05) is 61.9 Å². The fourth-order valence-electron chi connectivity index (χ4n) is 4.20. The molecular formula is C25H26N4O5. The molecule has 3 aromatic rings. The van der Waals surface area contributed by atoms with Crippen LogP contribution < -0.4 is 10.6 Å². The molecule has 9 heteroatoms. The minimum absolute atomic E-state index is 0.0464. The topological polar surface area (TPSA) is 123 Å². The van der Waals surface area contributed by atoms with E-state index < -0.39 is 24.0 Å². The van der Waals surface area contributed by atoms with Crippen molar-refractivity contribution in [3.05, 3.63) is 72.1 Å². The molecule has 176 valence electrons. The van der Waals surface area contributed by atoms with Gasteiger partial charge in [0.2, 0.25) is 5.91 Å². The number of rotatable bonds is 9. The highest BCUT2D eigenvalue weighted by Gasteiger charge is 2.29. The highest BCUT2D eigenvalue weighted by atomic mass is 16.5. The van der Waals surface area contributed by atoms with E-state index in [1.165, 1.54) is 17.1 Å². The molecule has 1 aromatic heterocycles. The number of carboxylic acids is 1. The van der Waals surface area contributed by atoms with Crippen LogP contribution in [0.5, 0.6) is 0 Å². The van der Waals surface area contributed by atoms with Crippen molar-refractivity contribution in [2.45, 2.75) is 38.3 Å². The SMILES string of the molecule is CCC[C@H](NC(=O)Cn1cc(NC(=O)OCC2c3ccccc3-c3ccccc32)cn1)C(=O)O. The highest BCUT2D eigenvalue weighted by Crippen LogP contribution is 2.44. The third-order valence-electron chi connectivity index (χ3n) is 5.74. The van der Waals surface area contributed by atoms with E-state index in [0.717, 1.165) is 22.3 Å². The molecule has 1 atom stereocenters. The number of carboxylic acid groups (broad SMARTS) is 1. The molecule has 4 rings (SSSR count). The number of benzene rings is 2. The number of nitrogens with one attached hydrogen (secondary N) is 2. The summed E-state index contributed by atoms with van der Waals surface area (Å²) < 4.78 is 6.83. The van der Waals surface area contributed by atoms with Gasteiger partial charge in [-0.2, -0.15) is 5.10 Å². The van der Waals surface area contributed by atoms with Crippen LogP contribution in [0.15, 0.2) is 60.9 Å². The van der Waals surface area contributed by atoms with Crippen molar-refractivity contribution >= 4 is 23.7 Å². The highest BCUT2D eigenvalue weighted by molar-refractivity contribution is 5.85. The number of fused-ring (bicyclic) bond motifs is 3. The summed E-state index contributed by atoms with van der Waals surface area (Å²) in [6.07, 6.45) is 3.23. The molecule has 0 fully saturated rings. The van der Waals surface area contributed by atoms with Crippen LogP contribution >= 0.6 is 0 Å². The first-order valence-corrected chi connectivity index (χ1v) is 11.1. The van der Waals surface area contributed by atoms with E-state index in [2.05, 4.69) is 27.9 Å². The number of nitrogens with zero attached hydrogens (tertiary/aromatic N) is 2. The van der Waals surface area contributed by atoms with Gasteiger partial charge in [-0.05, 0) is 28.7 Å². The average molecular weight is 463 g/mol. The summed E-state index contributed by atoms with van der Waals surface area (Å²) in [4.78, 5) is 35.7. The minimum atomic E-state index is -1.08. The summed E-state index contributed by atoms with van der Waals surface area (Å²) in [7, 11) is 0. The van der Waals surface area contributed by atoms with E-state index >= 15 is 0 Å². The molecular weight excluding hydrogens is 436 g/mol. The van der Waals surface area contributed by atoms with Crippen molar-refractivity contribution in [3.63, 3.8) is 0 Å². The second kappa shape index (κ2) is 10.2. The Bertz CT molecular complexity index is 1160. The van der Waals surface area contributed by atoms with Crippen LogP contribution in [0.3, 0.4) is 0 Å². The van der Waals surface area contributed by atoms with Crippen LogP contribution in [0.25, 0.3) is 11.1 Å². The fourth-order valence-corrected chi connectivity index (χ4v) is 4.20. The maximum atomic E-state index is 12.4. The molecule has 0 saturated carbocycles. The van der Waals surface area contributed by atoms with E-state index in [0.29, 0.717) is 18.5 Å². The monoisotopic (exact) mass is 462 g/mol. The quantitative estimate of drug-likeness (QED) is 0.446. The van der Waals surface area contributed by atoms with E-state index in [9.17, 15) is 14.4 Å². The zero-order chi connectivity index (χ0) is 24.1. The zero-order valence-electron chi connectivity index (χ0n) is 18.7. The largest absolute Gasteiger partial charge is 0.480 e. The number of amides is 2. The lowest BCUT2D eigenvalue weighted by molar-refractivity contribution is -0.142. The van der Waals surface area contributed by atoms with Crippen molar-refractivity contribution < 1.29 is 24.2 Å². The number of ether oxygens (including phenoxy) is 1. The lowest BCUT2D eigenvalue weighted by Crippen LogP contribution is -2.42. The number of carbonyl (C=O) groups excluding carboxylic acids is 2. The number of aliphatic carboxylic acids is 1. The molecule has 0 spiro atoms. The van der Waals surface area contributed by atoms with Crippen LogP contribution in [0.4, 0.5) is 10.5 Å². The van der Waals surface area contributed by atoms with Crippen LogP contribution in [-0.4, -0.2) is 45.5 Å². The molecule has 0 aliphatic heterocycles. The Balaban J connectivity index is 1.32. The normalized spacial score (nSPS) is 13.0. The summed E-state index contributed by atoms with van der Waals surface area (Å²) in [6.45, 7) is 1.86. The molecule has 34 heavy (non-hydrogen) atoms. The number of hydrogen-bond donors (Lipinski definition) is 3. The smallest absolute Gasteiger partial charge is 0.411 e. The Morgan fingerprint density at radius 3 is 2.35 bits per heavy atom. The third-order valence-corrected chi connectivity index (χ3v) is 5.74. The summed E-state index contributed by atoms with van der Waals surface area (Å²) in [5.41, 5.74) is 4.91. The summed E-state index contributed by atoms with van der Waals surface area (Å²) in [6, 6.07) is 15.2. The number of hydrogen-bond acceptors (Lipinski definition) is 5. The molecule has 0 unspecified atom stereocenters. The van der Waals surface area contributed by atoms with E-state index in [4.69, 9.17) is 9.84 Å². The van der Waals surface area contributed by atoms with Crippen molar-refractivity contribution in [1.29, 1.82) is 0 Å². The minimum Gasteiger partial charge on any atom is -0.480 e. The molecule has 2 amide bonds. The second-order valence-corrected chi connectivity index (χ2v) is 8.12. The third kappa shape index (κ3) is 5.09. The molecule has 9 nitrogen and oxygen atoms in total. The number of carbonyl (C=O) groups is 3. The molecule has 1 heterocycles. The predicted octanol–water partition coefficient (Wildman–Crippen LogP) is 3.61. The lowest BCUT2D eigenvalue weighted by Gasteiger charge is -2.14. The maximum absolute atomic E-state index is 12.4. The first-order chi connectivity index (χ1) is 16.5. The summed E-state index contributed by atoms with van der Waals surface area (Å²) >= 11 is 0. The van der Waals surface area contributed by atoms with Gasteiger partial charge < -0.3 is 15.2 Å². The molecule has 0 radical (unpaired) electrons. The van der Waals surface area contributed by atoms with Crippen LogP contribution in [0.1, 0.15) is 36.8 Å². The fraction of sp³-hybridized carbons (Fsp3) is 0.280. The molecule has 0 saturated heterocycles. The molecule has 0 bridgehead atoms. The van der Waals surface area contributed by atoms with Crippen LogP contribution in [0.2, 0.25) is 0 Å². The van der Waals surface area contributed by atoms with Gasteiger partial charge in [-0.3, -0.25) is 14.8 Å². The Morgan fingerprint density at radius 2 is 1.74 bits per heavy atom. The van der Waals surface area contributed by atoms with Gasteiger partial charge in [0, 0.05) is 12.1 Å². The molecule has 1 aliphatic carbocycles. The van der Waals surface area contributed by atoms with Crippen molar-refractivity contribution in [1.82, 2.24) is 15.1 Å². The van der Waals surface area contributed by atoms with Crippen molar-refractivity contribution in [3.8, 4) is 11.1 Å². The van der Waals surface area contributed by atoms with Crippen molar-refractivity contribution in [2.75, 3.05) is 11.9 Å². The van der Waals surface area contributed by atoms with Crippen molar-refractivity contribution in [2.24, 2.45) is 0 Å². The first kappa shape index (κ1) is 23.0. The Kier molecular flexibility index (Phi) is 6.91. The average Bonchev–Trinajstić information content (AvgIpc) is 3.39. The molecule has 3 N–H and O–H groups in total. The Morgan fingerprint density at radius 1 is 1.09 bits per heavy atom. The zero-order valence-corrected chi connectivity index (χ0v) is 18.7. The van der Waals surface area contributed by atoms with E-state index in [1.54, 1.807) is 0 Å². The number of aromatic nitrogens is 2. The van der Waals surface area contributed by atoms with Gasteiger partial charge in [-0.15, -0.1) is 0 Å². The van der Waals surface area contributed by atoms with Gasteiger partial charge in [0.05, 0.1) is 11.9 Å². The van der Waals surface area contributed by atoms with Gasteiger partial charge in [0.15, 0.2) is 0 Å². The van der Waals surface area contributed by atoms with Gasteiger partial charge in [0.1, 0.15) is 19.2 Å². The summed E-state index contributed by atoms with van der Waals surface area (Å²) in [5, 5.41) is 18.3. The molecule has 2 aromatic carbocycles. The predicted molar refractivity (Wildman–Crippen MR) is 125 cm³/mol. The summed E-state index contributed by atoms with van der Waals surface area (Å²) in [5.74, 6) is -1.60. The van der Waals surface area contributed by atoms with Gasteiger partial charge >= 0.3 is 12.1 Å². The first-order valence-electron chi connectivity index (χ1n) is 11.1. The van der Waals surface area contributed by atoms with Crippen LogP contribution in [0, 0.1) is 0 Å². The second-order valence-electron chi connectivity index (χ2n) is 8.12. The Hall–Kier alpha value is -4.14. The Labute approximate surface area is 196 Å². The lowest BCUT2D eigenvalue weighted by atomic mass is 9.98. The van der Waals surface area contributed by atoms with Gasteiger partial charge in [-0.25, -0.2) is 9.59 Å². The van der Waals surface area contributed by atoms with Crippen LogP contribution in [-0.2, 0) is 20.9 Å². The van der Waals surface area contributed by atoms with E-state index in [1.807, 2.05) is 43.3 Å². The standard InChI is InChI=1S/C25H26N4O5/c1-2-7-22(24(31)32)28-23(30)14-29-13-16(12-26-29)27-25(33)34-15-21-19-10-5-3-8-17(19)18-9-4-6-11-20(18)21/h3-6,8-13,21-22H,2,7,14-15H2,1H3,(H,27,33)(H,28,30)(H,31,32)/t22-/m0/s1. The molecule has 1 aliphatic rings. The maximum Gasteiger partial charge on any atom is 0.411 e.